The molecule has 1 amide bonds. The molecule has 1 spiro atoms. The van der Waals surface area contributed by atoms with E-state index in [1.54, 1.807) is 36.2 Å². The number of alkyl halides is 2. The van der Waals surface area contributed by atoms with E-state index in [1.807, 2.05) is 0 Å². The summed E-state index contributed by atoms with van der Waals surface area (Å²) < 4.78 is 14.2. The van der Waals surface area contributed by atoms with Gasteiger partial charge in [-0.05, 0) is 0 Å². The zero-order valence-electron chi connectivity index (χ0n) is 20.4. The average molecular weight is 661 g/mol. The van der Waals surface area contributed by atoms with Gasteiger partial charge in [0.05, 0.1) is 0 Å². The number of thiol groups is 1. The normalized spacial score (nSPS) is 26.8. The molecule has 2 fully saturated rings. The van der Waals surface area contributed by atoms with E-state index in [9.17, 15) is 24.9 Å². The summed E-state index contributed by atoms with van der Waals surface area (Å²) in [5.41, 5.74) is 0.0797. The quantitative estimate of drug-likeness (QED) is 0.117. The molecule has 11 heteroatoms. The molecular formula is C26H31INO7S2-. The van der Waals surface area contributed by atoms with Crippen molar-refractivity contribution in [2.24, 2.45) is 11.8 Å². The monoisotopic (exact) mass is 660 g/mol. The Morgan fingerprint density at radius 3 is 2.43 bits per heavy atom. The van der Waals surface area contributed by atoms with Crippen molar-refractivity contribution in [1.82, 2.24) is 4.90 Å². The number of aromatic hydroxyl groups is 2. The molecular weight excluding hydrogens is 629 g/mol. The van der Waals surface area contributed by atoms with E-state index >= 15 is 0 Å². The van der Waals surface area contributed by atoms with Crippen molar-refractivity contribution in [3.63, 3.8) is 0 Å². The predicted octanol–water partition coefficient (Wildman–Crippen LogP) is 0.465. The van der Waals surface area contributed by atoms with Gasteiger partial charge in [0.1, 0.15) is 0 Å². The third kappa shape index (κ3) is 4.45. The SMILES string of the molecule is CN(CCO)C(=O)S1(CC[I-]CS)CCC2C(=O)OC3(c4ccc(O)cc4Oc4cc(O)ccc43)C2C1. The molecule has 0 saturated carbocycles. The van der Waals surface area contributed by atoms with Crippen LogP contribution in [0.2, 0.25) is 0 Å². The van der Waals surface area contributed by atoms with Gasteiger partial charge in [-0.2, -0.15) is 0 Å². The second-order valence-corrected chi connectivity index (χ2v) is 17.7. The number of fused-ring (bicyclic) bond motifs is 6. The molecule has 2 aromatic rings. The molecule has 0 aromatic heterocycles. The van der Waals surface area contributed by atoms with Gasteiger partial charge in [0, 0.05) is 0 Å². The summed E-state index contributed by atoms with van der Waals surface area (Å²) in [4.78, 5) is 29.0. The number of aliphatic hydroxyl groups excluding tert-OH is 1. The molecule has 3 aliphatic rings. The number of aliphatic hydroxyl groups is 1. The molecule has 3 atom stereocenters. The second-order valence-electron chi connectivity index (χ2n) is 9.65. The van der Waals surface area contributed by atoms with Crippen molar-refractivity contribution in [2.75, 3.05) is 45.6 Å². The number of rotatable bonds is 6. The van der Waals surface area contributed by atoms with E-state index in [0.717, 1.165) is 13.9 Å². The fourth-order valence-corrected chi connectivity index (χ4v) is 14.6. The number of amides is 1. The zero-order valence-corrected chi connectivity index (χ0v) is 24.3. The number of benzene rings is 2. The van der Waals surface area contributed by atoms with E-state index in [-0.39, 0.29) is 68.9 Å². The molecule has 3 aliphatic heterocycles. The molecule has 2 saturated heterocycles. The van der Waals surface area contributed by atoms with E-state index < -0.39 is 15.6 Å². The van der Waals surface area contributed by atoms with Crippen LogP contribution < -0.4 is 25.9 Å². The Hall–Kier alpha value is -1.83. The molecule has 8 nitrogen and oxygen atoms in total. The molecule has 0 bridgehead atoms. The molecule has 3 unspecified atom stereocenters. The minimum atomic E-state index is -1.85. The van der Waals surface area contributed by atoms with E-state index in [0.29, 0.717) is 40.6 Å². The first-order chi connectivity index (χ1) is 17.8. The molecule has 0 aliphatic carbocycles. The topological polar surface area (TPSA) is 117 Å². The van der Waals surface area contributed by atoms with Crippen molar-refractivity contribution in [2.45, 2.75) is 12.0 Å². The van der Waals surface area contributed by atoms with Gasteiger partial charge in [-0.25, -0.2) is 0 Å². The number of hydrogen-bond acceptors (Lipinski definition) is 8. The Balaban J connectivity index is 1.65. The zero-order chi connectivity index (χ0) is 26.4. The Morgan fingerprint density at radius 1 is 1.19 bits per heavy atom. The molecule has 3 heterocycles. The number of carbonyl (C=O) groups is 2. The fraction of sp³-hybridized carbons (Fsp3) is 0.462. The van der Waals surface area contributed by atoms with Crippen LogP contribution in [0.15, 0.2) is 36.4 Å². The number of phenolic OH excluding ortho intramolecular Hbond substituents is 2. The summed E-state index contributed by atoms with van der Waals surface area (Å²) in [6.45, 7) is 0.159. The fourth-order valence-electron chi connectivity index (χ4n) is 5.93. The first-order valence-corrected chi connectivity index (χ1v) is 17.9. The number of nitrogens with zero attached hydrogens (tertiary/aromatic N) is 1. The maximum atomic E-state index is 14.0. The van der Waals surface area contributed by atoms with Gasteiger partial charge in [-0.15, -0.1) is 0 Å². The minimum absolute atomic E-state index is 0.0125. The van der Waals surface area contributed by atoms with Crippen LogP contribution in [0.4, 0.5) is 4.79 Å². The Kier molecular flexibility index (Phi) is 7.51. The first kappa shape index (κ1) is 26.8. The van der Waals surface area contributed by atoms with Gasteiger partial charge in [0.2, 0.25) is 0 Å². The molecule has 0 radical (unpaired) electrons. The second kappa shape index (κ2) is 10.4. The van der Waals surface area contributed by atoms with Crippen LogP contribution in [0.3, 0.4) is 0 Å². The van der Waals surface area contributed by atoms with Crippen molar-refractivity contribution < 1.29 is 55.6 Å². The summed E-state index contributed by atoms with van der Waals surface area (Å²) in [6, 6.07) is 9.55. The van der Waals surface area contributed by atoms with E-state index in [4.69, 9.17) is 9.47 Å². The summed E-state index contributed by atoms with van der Waals surface area (Å²) in [6.07, 6.45) is 0.556. The van der Waals surface area contributed by atoms with Crippen molar-refractivity contribution in [3.05, 3.63) is 47.5 Å². The maximum absolute atomic E-state index is 14.0. The molecule has 202 valence electrons. The summed E-state index contributed by atoms with van der Waals surface area (Å²) in [7, 11) is -0.107. The third-order valence-corrected chi connectivity index (χ3v) is 15.3. The van der Waals surface area contributed by atoms with Gasteiger partial charge in [0.15, 0.2) is 0 Å². The van der Waals surface area contributed by atoms with E-state index in [2.05, 4.69) is 12.6 Å². The Morgan fingerprint density at radius 2 is 1.84 bits per heavy atom. The van der Waals surface area contributed by atoms with Gasteiger partial charge in [-0.3, -0.25) is 0 Å². The number of likely N-dealkylation sites (N-methyl/N-ethyl adjacent to an activating group) is 1. The standard InChI is InChI=1S/C26H31INO7S2/c1-28(8-9-29)25(33)37(11-7-27-15-36)10-6-18-21(14-37)26(35-24(18)32)19-4-2-16(30)12-22(19)34-23-13-17(31)3-5-20(23)26/h2-5,12-13,18,21,29-31,36H,6-11,14-15H2,1H3/q-1. The van der Waals surface area contributed by atoms with Crippen molar-refractivity contribution in [1.29, 1.82) is 0 Å². The van der Waals surface area contributed by atoms with Crippen molar-refractivity contribution in [3.8, 4) is 23.0 Å². The van der Waals surface area contributed by atoms with Crippen LogP contribution >= 0.6 is 22.7 Å². The summed E-state index contributed by atoms with van der Waals surface area (Å²) >= 11 is 4.28. The number of halogens is 1. The van der Waals surface area contributed by atoms with Crippen LogP contribution in [-0.2, 0) is 15.1 Å². The summed E-state index contributed by atoms with van der Waals surface area (Å²) in [5.74, 6) is 1.72. The molecule has 5 rings (SSSR count). The Bertz CT molecular complexity index is 1180. The Labute approximate surface area is 233 Å². The molecule has 2 aromatic carbocycles. The van der Waals surface area contributed by atoms with Gasteiger partial charge in [0.25, 0.3) is 0 Å². The number of hydrogen-bond donors (Lipinski definition) is 4. The van der Waals surface area contributed by atoms with Crippen LogP contribution in [-0.4, -0.2) is 77.1 Å². The first-order valence-electron chi connectivity index (χ1n) is 12.1. The van der Waals surface area contributed by atoms with Crippen molar-refractivity contribution >= 4 is 33.9 Å². The average Bonchev–Trinajstić information content (AvgIpc) is 3.15. The van der Waals surface area contributed by atoms with Crippen LogP contribution in [0.1, 0.15) is 17.5 Å². The van der Waals surface area contributed by atoms with Crippen LogP contribution in [0, 0.1) is 11.8 Å². The number of ether oxygens (including phenoxy) is 2. The predicted molar refractivity (Wildman–Crippen MR) is 141 cm³/mol. The molecule has 37 heavy (non-hydrogen) atoms. The number of phenols is 2. The molecule has 3 N–H and O–H groups in total. The van der Waals surface area contributed by atoms with E-state index in [1.165, 1.54) is 12.1 Å². The van der Waals surface area contributed by atoms with Crippen LogP contribution in [0.25, 0.3) is 0 Å². The summed E-state index contributed by atoms with van der Waals surface area (Å²) in [5, 5.41) is 30.0. The number of carbonyl (C=O) groups excluding carboxylic acids is 2. The van der Waals surface area contributed by atoms with Gasteiger partial charge in [-0.1, -0.05) is 0 Å². The van der Waals surface area contributed by atoms with Gasteiger partial charge >= 0.3 is 234 Å². The third-order valence-electron chi connectivity index (χ3n) is 7.64. The van der Waals surface area contributed by atoms with Crippen LogP contribution in [0.5, 0.6) is 23.0 Å². The number of esters is 1. The van der Waals surface area contributed by atoms with Gasteiger partial charge < -0.3 is 0 Å².